The fourth-order valence-corrected chi connectivity index (χ4v) is 5.34. The molecular weight excluding hydrogens is 512 g/mol. The van der Waals surface area contributed by atoms with Gasteiger partial charge in [-0.05, 0) is 67.9 Å². The number of anilines is 3. The first-order chi connectivity index (χ1) is 19.3. The number of esters is 2. The van der Waals surface area contributed by atoms with Gasteiger partial charge in [0.25, 0.3) is 5.69 Å². The van der Waals surface area contributed by atoms with Crippen LogP contribution in [0.4, 0.5) is 22.7 Å². The summed E-state index contributed by atoms with van der Waals surface area (Å²) in [4.78, 5) is 33.5. The number of nitro benzene ring substituents is 1. The second-order valence-corrected chi connectivity index (χ2v) is 10.5. The van der Waals surface area contributed by atoms with Gasteiger partial charge in [0.05, 0.1) is 41.6 Å². The molecule has 40 heavy (non-hydrogen) atoms. The van der Waals surface area contributed by atoms with E-state index in [9.17, 15) is 19.7 Å². The number of nitrogens with one attached hydrogen (secondary N) is 2. The number of methoxy groups -OCH3 is 2. The predicted octanol–water partition coefficient (Wildman–Crippen LogP) is 6.42. The SMILES string of the molecule is COC(=O)c1ccc(NCC2CCCCC2)c(N)c1.COC(=O)c1ccc(NCC2CCCCC2)c([N+](=O)[O-])c1. The highest BCUT2D eigenvalue weighted by Crippen LogP contribution is 2.29. The minimum absolute atomic E-state index is 0.0892. The van der Waals surface area contributed by atoms with Crippen molar-refractivity contribution >= 4 is 34.7 Å². The van der Waals surface area contributed by atoms with Crippen molar-refractivity contribution < 1.29 is 24.0 Å². The molecule has 2 aromatic carbocycles. The number of benzene rings is 2. The Balaban J connectivity index is 0.000000222. The Labute approximate surface area is 236 Å². The molecule has 0 heterocycles. The molecule has 0 atom stereocenters. The minimum Gasteiger partial charge on any atom is -0.465 e. The molecule has 0 aromatic heterocycles. The second kappa shape index (κ2) is 15.7. The van der Waals surface area contributed by atoms with Gasteiger partial charge in [0.15, 0.2) is 0 Å². The largest absolute Gasteiger partial charge is 0.465 e. The summed E-state index contributed by atoms with van der Waals surface area (Å²) in [7, 11) is 2.62. The summed E-state index contributed by atoms with van der Waals surface area (Å²) >= 11 is 0. The van der Waals surface area contributed by atoms with Crippen LogP contribution in [0.15, 0.2) is 36.4 Å². The van der Waals surface area contributed by atoms with Crippen molar-refractivity contribution in [1.82, 2.24) is 0 Å². The number of ether oxygens (including phenoxy) is 2. The molecule has 0 radical (unpaired) electrons. The Morgan fingerprint density at radius 1 is 0.800 bits per heavy atom. The Bertz CT molecular complexity index is 1140. The number of carbonyl (C=O) groups excluding carboxylic acids is 2. The lowest BCUT2D eigenvalue weighted by molar-refractivity contribution is -0.384. The van der Waals surface area contributed by atoms with Crippen LogP contribution in [0.3, 0.4) is 0 Å². The Morgan fingerprint density at radius 3 is 1.70 bits per heavy atom. The highest BCUT2D eigenvalue weighted by molar-refractivity contribution is 5.92. The molecule has 2 fully saturated rings. The van der Waals surface area contributed by atoms with Gasteiger partial charge in [-0.15, -0.1) is 0 Å². The molecule has 10 heteroatoms. The fourth-order valence-electron chi connectivity index (χ4n) is 5.34. The zero-order chi connectivity index (χ0) is 28.9. The van der Waals surface area contributed by atoms with Gasteiger partial charge in [0, 0.05) is 19.2 Å². The molecule has 0 bridgehead atoms. The molecule has 218 valence electrons. The highest BCUT2D eigenvalue weighted by atomic mass is 16.6. The van der Waals surface area contributed by atoms with Crippen molar-refractivity contribution in [2.24, 2.45) is 11.8 Å². The molecule has 4 N–H and O–H groups in total. The summed E-state index contributed by atoms with van der Waals surface area (Å²) in [5.41, 5.74) is 8.50. The number of hydrogen-bond acceptors (Lipinski definition) is 9. The molecule has 0 amide bonds. The van der Waals surface area contributed by atoms with Crippen LogP contribution in [0, 0.1) is 22.0 Å². The van der Waals surface area contributed by atoms with E-state index in [0.717, 1.165) is 24.7 Å². The molecule has 4 rings (SSSR count). The molecule has 0 saturated heterocycles. The predicted molar refractivity (Wildman–Crippen MR) is 157 cm³/mol. The van der Waals surface area contributed by atoms with Gasteiger partial charge in [0.1, 0.15) is 5.69 Å². The quantitative estimate of drug-likeness (QED) is 0.138. The van der Waals surface area contributed by atoms with E-state index in [1.54, 1.807) is 24.3 Å². The third-order valence-electron chi connectivity index (χ3n) is 7.70. The smallest absolute Gasteiger partial charge is 0.338 e. The highest BCUT2D eigenvalue weighted by Gasteiger charge is 2.20. The van der Waals surface area contributed by atoms with Gasteiger partial charge >= 0.3 is 11.9 Å². The minimum atomic E-state index is -0.572. The molecule has 0 aliphatic heterocycles. The first-order valence-corrected chi connectivity index (χ1v) is 14.1. The van der Waals surface area contributed by atoms with E-state index in [2.05, 4.69) is 20.1 Å². The van der Waals surface area contributed by atoms with E-state index in [4.69, 9.17) is 5.73 Å². The van der Waals surface area contributed by atoms with Crippen LogP contribution < -0.4 is 16.4 Å². The Hall–Kier alpha value is -3.82. The summed E-state index contributed by atoms with van der Waals surface area (Å²) in [6, 6.07) is 9.63. The molecule has 2 aromatic rings. The van der Waals surface area contributed by atoms with Gasteiger partial charge in [-0.2, -0.15) is 0 Å². The van der Waals surface area contributed by atoms with Gasteiger partial charge < -0.3 is 25.8 Å². The van der Waals surface area contributed by atoms with Crippen molar-refractivity contribution in [1.29, 1.82) is 0 Å². The topological polar surface area (TPSA) is 146 Å². The van der Waals surface area contributed by atoms with E-state index < -0.39 is 10.9 Å². The lowest BCUT2D eigenvalue weighted by Crippen LogP contribution is -2.17. The van der Waals surface area contributed by atoms with Crippen LogP contribution in [0.2, 0.25) is 0 Å². The van der Waals surface area contributed by atoms with Crippen LogP contribution in [-0.4, -0.2) is 44.2 Å². The number of carbonyl (C=O) groups is 2. The number of nitrogens with two attached hydrogens (primary N) is 1. The maximum atomic E-state index is 11.4. The fraction of sp³-hybridized carbons (Fsp3) is 0.533. The second-order valence-electron chi connectivity index (χ2n) is 10.5. The summed E-state index contributed by atoms with van der Waals surface area (Å²) in [5, 5.41) is 17.7. The van der Waals surface area contributed by atoms with E-state index in [-0.39, 0.29) is 17.2 Å². The van der Waals surface area contributed by atoms with Crippen LogP contribution in [0.5, 0.6) is 0 Å². The summed E-state index contributed by atoms with van der Waals surface area (Å²) in [5.74, 6) is 0.384. The van der Waals surface area contributed by atoms with Crippen LogP contribution in [-0.2, 0) is 9.47 Å². The maximum absolute atomic E-state index is 11.4. The van der Waals surface area contributed by atoms with Gasteiger partial charge in [-0.1, -0.05) is 38.5 Å². The molecule has 2 aliphatic carbocycles. The van der Waals surface area contributed by atoms with Crippen molar-refractivity contribution in [2.75, 3.05) is 43.7 Å². The normalized spacial score (nSPS) is 15.8. The number of rotatable bonds is 9. The number of nitro groups is 1. The van der Waals surface area contributed by atoms with E-state index in [0.29, 0.717) is 22.9 Å². The Morgan fingerprint density at radius 2 is 1.25 bits per heavy atom. The van der Waals surface area contributed by atoms with E-state index in [1.165, 1.54) is 84.5 Å². The van der Waals surface area contributed by atoms with E-state index in [1.807, 2.05) is 6.07 Å². The molecular formula is C30H42N4O6. The van der Waals surface area contributed by atoms with Crippen LogP contribution in [0.25, 0.3) is 0 Å². The van der Waals surface area contributed by atoms with Crippen molar-refractivity contribution in [2.45, 2.75) is 64.2 Å². The van der Waals surface area contributed by atoms with Gasteiger partial charge in [-0.3, -0.25) is 10.1 Å². The van der Waals surface area contributed by atoms with Crippen molar-refractivity contribution in [3.63, 3.8) is 0 Å². The van der Waals surface area contributed by atoms with Crippen molar-refractivity contribution in [3.8, 4) is 0 Å². The van der Waals surface area contributed by atoms with E-state index >= 15 is 0 Å². The first-order valence-electron chi connectivity index (χ1n) is 14.1. The molecule has 10 nitrogen and oxygen atoms in total. The average molecular weight is 555 g/mol. The summed E-state index contributed by atoms with van der Waals surface area (Å²) in [6.45, 7) is 1.69. The maximum Gasteiger partial charge on any atom is 0.338 e. The lowest BCUT2D eigenvalue weighted by Gasteiger charge is -2.22. The number of nitrogens with zero attached hydrogens (tertiary/aromatic N) is 1. The standard InChI is InChI=1S/C15H20N2O4.C15H22N2O2/c1-21-15(18)12-7-8-13(14(9-12)17(19)20)16-10-11-5-3-2-4-6-11;1-19-15(18)12-7-8-14(13(16)9-12)17-10-11-5-3-2-4-6-11/h7-9,11,16H,2-6,10H2,1H3;7-9,11,17H,2-6,10,16H2,1H3. The molecule has 2 aliphatic rings. The third-order valence-corrected chi connectivity index (χ3v) is 7.70. The number of hydrogen-bond donors (Lipinski definition) is 3. The average Bonchev–Trinajstić information content (AvgIpc) is 2.99. The third kappa shape index (κ3) is 9.14. The summed E-state index contributed by atoms with van der Waals surface area (Å²) < 4.78 is 9.26. The molecule has 0 unspecified atom stereocenters. The monoisotopic (exact) mass is 554 g/mol. The lowest BCUT2D eigenvalue weighted by atomic mass is 9.89. The number of nitrogen functional groups attached to an aromatic ring is 1. The zero-order valence-corrected chi connectivity index (χ0v) is 23.6. The van der Waals surface area contributed by atoms with Crippen molar-refractivity contribution in [3.05, 3.63) is 57.6 Å². The Kier molecular flexibility index (Phi) is 12.0. The molecule has 0 spiro atoms. The van der Waals surface area contributed by atoms with Crippen LogP contribution in [0.1, 0.15) is 84.9 Å². The van der Waals surface area contributed by atoms with Gasteiger partial charge in [-0.25, -0.2) is 9.59 Å². The summed E-state index contributed by atoms with van der Waals surface area (Å²) in [6.07, 6.45) is 12.7. The molecule has 2 saturated carbocycles. The van der Waals surface area contributed by atoms with Crippen LogP contribution >= 0.6 is 0 Å². The first kappa shape index (κ1) is 30.7. The zero-order valence-electron chi connectivity index (χ0n) is 23.6. The van der Waals surface area contributed by atoms with Gasteiger partial charge in [0.2, 0.25) is 0 Å².